The van der Waals surface area contributed by atoms with Gasteiger partial charge in [-0.1, -0.05) is 24.3 Å². The molecule has 0 atom stereocenters. The normalized spacial score (nSPS) is 14.5. The fraction of sp³-hybridized carbons (Fsp3) is 0.304. The summed E-state index contributed by atoms with van der Waals surface area (Å²) >= 11 is 0. The third kappa shape index (κ3) is 4.38. The quantitative estimate of drug-likeness (QED) is 0.614. The molecule has 1 aliphatic rings. The van der Waals surface area contributed by atoms with Crippen LogP contribution in [0.2, 0.25) is 0 Å². The van der Waals surface area contributed by atoms with Gasteiger partial charge >= 0.3 is 5.69 Å². The first-order valence-corrected chi connectivity index (χ1v) is 10.4. The summed E-state index contributed by atoms with van der Waals surface area (Å²) in [7, 11) is 1.96. The minimum absolute atomic E-state index is 0.174. The van der Waals surface area contributed by atoms with Gasteiger partial charge in [-0.3, -0.25) is 14.2 Å². The van der Waals surface area contributed by atoms with Gasteiger partial charge in [0.1, 0.15) is 5.82 Å². The van der Waals surface area contributed by atoms with Crippen molar-refractivity contribution in [2.45, 2.75) is 13.5 Å². The minimum atomic E-state index is -0.785. The molecular weight excluding hydrogens is 413 g/mol. The van der Waals surface area contributed by atoms with E-state index in [4.69, 9.17) is 0 Å². The molecule has 0 unspecified atom stereocenters. The summed E-state index contributed by atoms with van der Waals surface area (Å²) < 4.78 is 15.7. The lowest BCUT2D eigenvalue weighted by atomic mass is 10.2. The van der Waals surface area contributed by atoms with E-state index in [2.05, 4.69) is 10.00 Å². The molecule has 0 N–H and O–H groups in total. The Hall–Kier alpha value is -3.59. The Labute approximate surface area is 184 Å². The molecule has 4 rings (SSSR count). The van der Waals surface area contributed by atoms with Crippen LogP contribution in [0.4, 0.5) is 4.39 Å². The van der Waals surface area contributed by atoms with Crippen molar-refractivity contribution >= 4 is 5.91 Å². The number of carbonyl (C=O) groups is 1. The van der Waals surface area contributed by atoms with E-state index in [0.717, 1.165) is 14.8 Å². The van der Waals surface area contributed by atoms with Gasteiger partial charge in [-0.15, -0.1) is 0 Å². The van der Waals surface area contributed by atoms with E-state index < -0.39 is 23.0 Å². The number of piperazine rings is 1. The van der Waals surface area contributed by atoms with Crippen LogP contribution in [0.3, 0.4) is 0 Å². The molecule has 8 nitrogen and oxygen atoms in total. The molecule has 166 valence electrons. The number of carbonyl (C=O) groups excluding carboxylic acids is 1. The van der Waals surface area contributed by atoms with E-state index >= 15 is 0 Å². The van der Waals surface area contributed by atoms with Crippen molar-refractivity contribution in [1.29, 1.82) is 0 Å². The molecule has 1 aromatic heterocycles. The fourth-order valence-corrected chi connectivity index (χ4v) is 3.69. The topological polar surface area (TPSA) is 80.4 Å². The summed E-state index contributed by atoms with van der Waals surface area (Å²) in [6.45, 7) is 3.98. The molecule has 1 aliphatic heterocycles. The van der Waals surface area contributed by atoms with Gasteiger partial charge in [0.15, 0.2) is 0 Å². The first-order valence-electron chi connectivity index (χ1n) is 10.4. The number of hydrogen-bond acceptors (Lipinski definition) is 5. The minimum Gasteiger partial charge on any atom is -0.335 e. The third-order valence-electron chi connectivity index (χ3n) is 5.53. The lowest BCUT2D eigenvalue weighted by molar-refractivity contribution is 0.0652. The highest BCUT2D eigenvalue weighted by Crippen LogP contribution is 2.09. The van der Waals surface area contributed by atoms with Crippen LogP contribution >= 0.6 is 0 Å². The van der Waals surface area contributed by atoms with Crippen molar-refractivity contribution in [3.63, 3.8) is 0 Å². The Balaban J connectivity index is 1.85. The summed E-state index contributed by atoms with van der Waals surface area (Å²) in [6.07, 6.45) is 0. The van der Waals surface area contributed by atoms with Gasteiger partial charge in [-0.05, 0) is 49.4 Å². The first kappa shape index (κ1) is 21.6. The zero-order chi connectivity index (χ0) is 22.8. The van der Waals surface area contributed by atoms with Crippen LogP contribution in [0.25, 0.3) is 5.69 Å². The lowest BCUT2D eigenvalue weighted by Crippen LogP contribution is -2.51. The van der Waals surface area contributed by atoms with Crippen LogP contribution in [-0.2, 0) is 6.54 Å². The van der Waals surface area contributed by atoms with E-state index in [1.807, 2.05) is 20.0 Å². The number of hydrogen-bond donors (Lipinski definition) is 0. The van der Waals surface area contributed by atoms with E-state index in [1.165, 1.54) is 18.2 Å². The van der Waals surface area contributed by atoms with Gasteiger partial charge in [0.05, 0.1) is 12.2 Å². The first-order chi connectivity index (χ1) is 15.3. The largest absolute Gasteiger partial charge is 0.352 e. The number of halogens is 1. The summed E-state index contributed by atoms with van der Waals surface area (Å²) in [5.74, 6) is -0.991. The molecule has 2 aromatic carbocycles. The zero-order valence-corrected chi connectivity index (χ0v) is 18.0. The second-order valence-electron chi connectivity index (χ2n) is 8.00. The SMILES string of the molecule is Cc1cccc(-n2nc(C(=O)N3CCN(C)CC3)c(=O)n(Cc3cccc(F)c3)c2=O)c1. The van der Waals surface area contributed by atoms with Gasteiger partial charge in [0.2, 0.25) is 5.69 Å². The smallest absolute Gasteiger partial charge is 0.335 e. The summed E-state index contributed by atoms with van der Waals surface area (Å²) in [6, 6.07) is 12.7. The molecule has 0 bridgehead atoms. The average Bonchev–Trinajstić information content (AvgIpc) is 2.77. The van der Waals surface area contributed by atoms with Crippen LogP contribution in [0.5, 0.6) is 0 Å². The maximum atomic E-state index is 13.7. The number of likely N-dealkylation sites (N-methyl/N-ethyl adjacent to an activating group) is 1. The van der Waals surface area contributed by atoms with Gasteiger partial charge in [0, 0.05) is 26.2 Å². The molecule has 0 saturated carbocycles. The number of aromatic nitrogens is 3. The molecule has 1 saturated heterocycles. The summed E-state index contributed by atoms with van der Waals surface area (Å²) in [4.78, 5) is 43.3. The van der Waals surface area contributed by atoms with Gasteiger partial charge in [-0.2, -0.15) is 9.78 Å². The monoisotopic (exact) mass is 437 g/mol. The molecule has 3 aromatic rings. The van der Waals surface area contributed by atoms with Crippen LogP contribution in [0, 0.1) is 12.7 Å². The Bertz CT molecular complexity index is 1280. The van der Waals surface area contributed by atoms with E-state index in [9.17, 15) is 18.8 Å². The van der Waals surface area contributed by atoms with E-state index in [-0.39, 0.29) is 12.2 Å². The van der Waals surface area contributed by atoms with E-state index in [1.54, 1.807) is 29.2 Å². The van der Waals surface area contributed by atoms with Crippen LogP contribution in [0.15, 0.2) is 58.1 Å². The zero-order valence-electron chi connectivity index (χ0n) is 18.0. The Morgan fingerprint density at radius 3 is 2.44 bits per heavy atom. The van der Waals surface area contributed by atoms with Crippen molar-refractivity contribution in [3.05, 3.63) is 92.0 Å². The number of rotatable bonds is 4. The van der Waals surface area contributed by atoms with Crippen molar-refractivity contribution in [2.24, 2.45) is 0 Å². The summed E-state index contributed by atoms with van der Waals surface area (Å²) in [5.41, 5.74) is -0.0374. The molecule has 0 radical (unpaired) electrons. The fourth-order valence-electron chi connectivity index (χ4n) is 3.69. The lowest BCUT2D eigenvalue weighted by Gasteiger charge is -2.32. The molecular formula is C23H24FN5O3. The van der Waals surface area contributed by atoms with Crippen LogP contribution in [-0.4, -0.2) is 63.3 Å². The molecule has 0 aliphatic carbocycles. The highest BCUT2D eigenvalue weighted by atomic mass is 19.1. The average molecular weight is 437 g/mol. The highest BCUT2D eigenvalue weighted by molar-refractivity contribution is 5.92. The number of benzene rings is 2. The van der Waals surface area contributed by atoms with Crippen molar-refractivity contribution in [3.8, 4) is 5.69 Å². The Morgan fingerprint density at radius 1 is 1.03 bits per heavy atom. The van der Waals surface area contributed by atoms with Crippen molar-refractivity contribution < 1.29 is 9.18 Å². The molecule has 2 heterocycles. The standard InChI is InChI=1S/C23H24FN5O3/c1-16-5-3-8-19(13-16)29-23(32)28(15-17-6-4-7-18(24)14-17)22(31)20(25-29)21(30)27-11-9-26(2)10-12-27/h3-8,13-14H,9-12,15H2,1-2H3. The Kier molecular flexibility index (Phi) is 6.00. The second kappa shape index (κ2) is 8.88. The van der Waals surface area contributed by atoms with Crippen LogP contribution in [0.1, 0.15) is 21.6 Å². The molecule has 0 spiro atoms. The van der Waals surface area contributed by atoms with Crippen LogP contribution < -0.4 is 11.2 Å². The predicted octanol–water partition coefficient (Wildman–Crippen LogP) is 1.28. The maximum absolute atomic E-state index is 13.7. The molecule has 1 amide bonds. The van der Waals surface area contributed by atoms with Gasteiger partial charge in [0.25, 0.3) is 11.5 Å². The highest BCUT2D eigenvalue weighted by Gasteiger charge is 2.27. The molecule has 1 fully saturated rings. The van der Waals surface area contributed by atoms with Crippen molar-refractivity contribution in [2.75, 3.05) is 33.2 Å². The third-order valence-corrected chi connectivity index (χ3v) is 5.53. The van der Waals surface area contributed by atoms with Crippen molar-refractivity contribution in [1.82, 2.24) is 24.1 Å². The summed E-state index contributed by atoms with van der Waals surface area (Å²) in [5, 5.41) is 4.19. The Morgan fingerprint density at radius 2 is 1.75 bits per heavy atom. The molecule has 9 heteroatoms. The molecule has 32 heavy (non-hydrogen) atoms. The van der Waals surface area contributed by atoms with Gasteiger partial charge in [-0.25, -0.2) is 9.18 Å². The maximum Gasteiger partial charge on any atom is 0.352 e. The number of amides is 1. The number of aryl methyl sites for hydroxylation is 1. The van der Waals surface area contributed by atoms with Gasteiger partial charge < -0.3 is 9.80 Å². The number of nitrogens with zero attached hydrogens (tertiary/aromatic N) is 5. The van der Waals surface area contributed by atoms with E-state index in [0.29, 0.717) is 37.4 Å². The second-order valence-corrected chi connectivity index (χ2v) is 8.00. The predicted molar refractivity (Wildman–Crippen MR) is 118 cm³/mol.